The van der Waals surface area contributed by atoms with E-state index in [2.05, 4.69) is 9.97 Å². The van der Waals surface area contributed by atoms with Gasteiger partial charge in [0.05, 0.1) is 23.3 Å². The van der Waals surface area contributed by atoms with Crippen LogP contribution in [0, 0.1) is 0 Å². The molecule has 156 valence electrons. The Kier molecular flexibility index (Phi) is 6.30. The first kappa shape index (κ1) is 20.4. The van der Waals surface area contributed by atoms with Crippen molar-refractivity contribution < 1.29 is 24.1 Å². The van der Waals surface area contributed by atoms with Crippen molar-refractivity contribution in [3.63, 3.8) is 0 Å². The maximum atomic E-state index is 11.5. The van der Waals surface area contributed by atoms with Crippen molar-refractivity contribution >= 4 is 28.6 Å². The Morgan fingerprint density at radius 3 is 2.73 bits per heavy atom. The van der Waals surface area contributed by atoms with E-state index in [0.717, 1.165) is 19.4 Å². The number of rotatable bonds is 8. The van der Waals surface area contributed by atoms with Crippen LogP contribution in [0.4, 0.5) is 0 Å². The molecule has 1 aliphatic heterocycles. The fraction of sp³-hybridized carbons (Fsp3) is 0.318. The van der Waals surface area contributed by atoms with Gasteiger partial charge in [0, 0.05) is 11.6 Å². The molecule has 2 heterocycles. The summed E-state index contributed by atoms with van der Waals surface area (Å²) in [6, 6.07) is 12.0. The molecule has 1 saturated heterocycles. The second-order valence-corrected chi connectivity index (χ2v) is 7.51. The van der Waals surface area contributed by atoms with Crippen LogP contribution in [0.5, 0.6) is 17.4 Å². The quantitative estimate of drug-likeness (QED) is 0.547. The number of aliphatic carboxylic acids is 1. The average Bonchev–Trinajstić information content (AvgIpc) is 3.26. The fourth-order valence-electron chi connectivity index (χ4n) is 3.33. The number of halogens is 1. The third-order valence-electron chi connectivity index (χ3n) is 4.86. The van der Waals surface area contributed by atoms with Gasteiger partial charge in [-0.05, 0) is 68.1 Å². The number of aromatic nitrogens is 2. The minimum absolute atomic E-state index is 0.130. The first-order valence-electron chi connectivity index (χ1n) is 9.78. The number of nitrogens with zero attached hydrogens (tertiary/aromatic N) is 2. The number of carboxylic acid groups (broad SMARTS) is 1. The van der Waals surface area contributed by atoms with Crippen LogP contribution in [0.15, 0.2) is 48.7 Å². The van der Waals surface area contributed by atoms with E-state index in [1.807, 2.05) is 0 Å². The summed E-state index contributed by atoms with van der Waals surface area (Å²) in [7, 11) is 0. The van der Waals surface area contributed by atoms with E-state index in [0.29, 0.717) is 46.3 Å². The Bertz CT molecular complexity index is 1020. The standard InChI is InChI=1S/C22H21ClN2O5/c23-14-3-9-18-19(12-14)24-13-21(25-18)30-17-6-4-16(5-7-17)29-20(22(26)27)10-8-15-2-1-11-28-15/h3-7,9,12-13,15,20H,1-2,8,10-11H2,(H,26,27). The molecule has 2 aromatic carbocycles. The summed E-state index contributed by atoms with van der Waals surface area (Å²) in [6.45, 7) is 0.750. The van der Waals surface area contributed by atoms with Crippen molar-refractivity contribution in [1.82, 2.24) is 9.97 Å². The zero-order chi connectivity index (χ0) is 20.9. The SMILES string of the molecule is O=C(O)C(CCC1CCCO1)Oc1ccc(Oc2cnc3cc(Cl)ccc3n2)cc1. The predicted octanol–water partition coefficient (Wildman–Crippen LogP) is 4.87. The van der Waals surface area contributed by atoms with Crippen LogP contribution in [-0.2, 0) is 9.53 Å². The molecule has 0 bridgehead atoms. The van der Waals surface area contributed by atoms with Crippen LogP contribution in [0.3, 0.4) is 0 Å². The van der Waals surface area contributed by atoms with E-state index < -0.39 is 12.1 Å². The molecule has 7 nitrogen and oxygen atoms in total. The zero-order valence-electron chi connectivity index (χ0n) is 16.2. The van der Waals surface area contributed by atoms with Gasteiger partial charge in [-0.3, -0.25) is 0 Å². The van der Waals surface area contributed by atoms with E-state index in [1.54, 1.807) is 42.5 Å². The number of fused-ring (bicyclic) bond motifs is 1. The molecule has 2 atom stereocenters. The summed E-state index contributed by atoms with van der Waals surface area (Å²) in [5, 5.41) is 10.0. The molecule has 1 aromatic heterocycles. The Morgan fingerprint density at radius 1 is 1.20 bits per heavy atom. The highest BCUT2D eigenvalue weighted by Gasteiger charge is 2.23. The number of benzene rings is 2. The molecule has 0 spiro atoms. The minimum Gasteiger partial charge on any atom is -0.479 e. The molecule has 0 amide bonds. The van der Waals surface area contributed by atoms with Crippen molar-refractivity contribution in [2.75, 3.05) is 6.61 Å². The van der Waals surface area contributed by atoms with Crippen LogP contribution < -0.4 is 9.47 Å². The number of carbonyl (C=O) groups is 1. The molecular weight excluding hydrogens is 408 g/mol. The Balaban J connectivity index is 1.37. The second kappa shape index (κ2) is 9.28. The van der Waals surface area contributed by atoms with Crippen LogP contribution in [0.25, 0.3) is 11.0 Å². The van der Waals surface area contributed by atoms with Gasteiger partial charge in [-0.2, -0.15) is 0 Å². The van der Waals surface area contributed by atoms with Crippen LogP contribution in [-0.4, -0.2) is 39.9 Å². The lowest BCUT2D eigenvalue weighted by atomic mass is 10.1. The van der Waals surface area contributed by atoms with Crippen LogP contribution in [0.1, 0.15) is 25.7 Å². The predicted molar refractivity (Wildman–Crippen MR) is 111 cm³/mol. The first-order valence-corrected chi connectivity index (χ1v) is 10.2. The molecule has 3 aromatic rings. The molecule has 30 heavy (non-hydrogen) atoms. The second-order valence-electron chi connectivity index (χ2n) is 7.07. The van der Waals surface area contributed by atoms with Gasteiger partial charge in [0.15, 0.2) is 6.10 Å². The fourth-order valence-corrected chi connectivity index (χ4v) is 3.50. The maximum Gasteiger partial charge on any atom is 0.344 e. The normalized spacial score (nSPS) is 17.0. The van der Waals surface area contributed by atoms with Gasteiger partial charge in [0.1, 0.15) is 11.5 Å². The molecule has 8 heteroatoms. The highest BCUT2D eigenvalue weighted by molar-refractivity contribution is 6.31. The lowest BCUT2D eigenvalue weighted by molar-refractivity contribution is -0.145. The molecular formula is C22H21ClN2O5. The lowest BCUT2D eigenvalue weighted by Gasteiger charge is -2.17. The summed E-state index contributed by atoms with van der Waals surface area (Å²) >= 11 is 5.96. The van der Waals surface area contributed by atoms with Crippen molar-refractivity contribution in [2.24, 2.45) is 0 Å². The molecule has 1 aliphatic rings. The van der Waals surface area contributed by atoms with E-state index in [9.17, 15) is 9.90 Å². The molecule has 1 fully saturated rings. The van der Waals surface area contributed by atoms with Crippen molar-refractivity contribution in [3.05, 3.63) is 53.7 Å². The maximum absolute atomic E-state index is 11.5. The molecule has 1 N–H and O–H groups in total. The molecule has 0 radical (unpaired) electrons. The van der Waals surface area contributed by atoms with E-state index in [4.69, 9.17) is 25.8 Å². The Morgan fingerprint density at radius 2 is 2.00 bits per heavy atom. The summed E-state index contributed by atoms with van der Waals surface area (Å²) < 4.78 is 17.0. The third-order valence-corrected chi connectivity index (χ3v) is 5.09. The van der Waals surface area contributed by atoms with Gasteiger partial charge in [-0.15, -0.1) is 0 Å². The van der Waals surface area contributed by atoms with Gasteiger partial charge in [0.2, 0.25) is 5.88 Å². The number of ether oxygens (including phenoxy) is 3. The zero-order valence-corrected chi connectivity index (χ0v) is 16.9. The van der Waals surface area contributed by atoms with Crippen molar-refractivity contribution in [2.45, 2.75) is 37.9 Å². The topological polar surface area (TPSA) is 90.8 Å². The van der Waals surface area contributed by atoms with E-state index in [-0.39, 0.29) is 6.10 Å². The van der Waals surface area contributed by atoms with Gasteiger partial charge in [0.25, 0.3) is 0 Å². The molecule has 0 saturated carbocycles. The first-order chi connectivity index (χ1) is 14.6. The minimum atomic E-state index is -0.986. The smallest absolute Gasteiger partial charge is 0.344 e. The van der Waals surface area contributed by atoms with Gasteiger partial charge < -0.3 is 19.3 Å². The van der Waals surface area contributed by atoms with E-state index >= 15 is 0 Å². The summed E-state index contributed by atoms with van der Waals surface area (Å²) in [4.78, 5) is 20.2. The average molecular weight is 429 g/mol. The monoisotopic (exact) mass is 428 g/mol. The summed E-state index contributed by atoms with van der Waals surface area (Å²) in [5.41, 5.74) is 1.36. The molecule has 2 unspecified atom stereocenters. The highest BCUT2D eigenvalue weighted by atomic mass is 35.5. The highest BCUT2D eigenvalue weighted by Crippen LogP contribution is 2.26. The molecule has 0 aliphatic carbocycles. The molecule has 4 rings (SSSR count). The van der Waals surface area contributed by atoms with Crippen LogP contribution >= 0.6 is 11.6 Å². The third kappa shape index (κ3) is 5.17. The lowest BCUT2D eigenvalue weighted by Crippen LogP contribution is -2.28. The summed E-state index contributed by atoms with van der Waals surface area (Å²) in [5.74, 6) is 0.357. The number of carboxylic acids is 1. The van der Waals surface area contributed by atoms with Crippen molar-refractivity contribution in [1.29, 1.82) is 0 Å². The Hall–Kier alpha value is -2.90. The van der Waals surface area contributed by atoms with E-state index in [1.165, 1.54) is 6.20 Å². The van der Waals surface area contributed by atoms with Crippen molar-refractivity contribution in [3.8, 4) is 17.4 Å². The Labute approximate surface area is 178 Å². The van der Waals surface area contributed by atoms with Gasteiger partial charge in [-0.25, -0.2) is 14.8 Å². The van der Waals surface area contributed by atoms with Crippen LogP contribution in [0.2, 0.25) is 5.02 Å². The number of hydrogen-bond acceptors (Lipinski definition) is 6. The van der Waals surface area contributed by atoms with Gasteiger partial charge >= 0.3 is 5.97 Å². The number of hydrogen-bond donors (Lipinski definition) is 1. The summed E-state index contributed by atoms with van der Waals surface area (Å²) in [6.07, 6.45) is 3.81. The van der Waals surface area contributed by atoms with Gasteiger partial charge in [-0.1, -0.05) is 11.6 Å². The largest absolute Gasteiger partial charge is 0.479 e.